The van der Waals surface area contributed by atoms with Crippen LogP contribution in [0, 0.1) is 0 Å². The largest absolute Gasteiger partial charge is 0.481 e. The number of carbonyl (C=O) groups is 2. The topological polar surface area (TPSA) is 60.9 Å². The van der Waals surface area contributed by atoms with E-state index >= 15 is 0 Å². The molecule has 1 amide bonds. The van der Waals surface area contributed by atoms with Gasteiger partial charge in [0, 0.05) is 32.7 Å². The van der Waals surface area contributed by atoms with Crippen LogP contribution in [0.3, 0.4) is 0 Å². The zero-order valence-corrected chi connectivity index (χ0v) is 9.74. The molecule has 1 rings (SSSR count). The van der Waals surface area contributed by atoms with Gasteiger partial charge in [0.05, 0.1) is 6.42 Å². The molecule has 0 radical (unpaired) electrons. The number of alkyl halides is 3. The molecular formula is C10H15F3N2O3. The predicted octanol–water partition coefficient (Wildman–Crippen LogP) is 0.558. The molecule has 0 spiro atoms. The molecule has 0 saturated carbocycles. The standard InChI is InChI=1S/C10H15F3N2O3/c11-10(12,13)7-8(16)15-5-3-14(4-6-15)2-1-9(17)18/h1-7H2,(H,17,18). The highest BCUT2D eigenvalue weighted by atomic mass is 19.4. The van der Waals surface area contributed by atoms with Crippen molar-refractivity contribution >= 4 is 11.9 Å². The number of aliphatic carboxylic acids is 1. The molecule has 0 aliphatic carbocycles. The molecule has 0 bridgehead atoms. The Balaban J connectivity index is 2.30. The summed E-state index contributed by atoms with van der Waals surface area (Å²) < 4.78 is 36.1. The van der Waals surface area contributed by atoms with Crippen molar-refractivity contribution in [3.05, 3.63) is 0 Å². The lowest BCUT2D eigenvalue weighted by Crippen LogP contribution is -2.49. The van der Waals surface area contributed by atoms with Crippen LogP contribution in [0.2, 0.25) is 0 Å². The van der Waals surface area contributed by atoms with E-state index in [-0.39, 0.29) is 19.5 Å². The third-order valence-electron chi connectivity index (χ3n) is 2.72. The van der Waals surface area contributed by atoms with Gasteiger partial charge in [-0.3, -0.25) is 14.5 Å². The second kappa shape index (κ2) is 6.03. The van der Waals surface area contributed by atoms with Crippen LogP contribution < -0.4 is 0 Å². The van der Waals surface area contributed by atoms with E-state index in [0.29, 0.717) is 19.6 Å². The fourth-order valence-corrected chi connectivity index (χ4v) is 1.76. The number of halogens is 3. The average molecular weight is 268 g/mol. The molecule has 0 atom stereocenters. The fourth-order valence-electron chi connectivity index (χ4n) is 1.76. The normalized spacial score (nSPS) is 17.8. The van der Waals surface area contributed by atoms with Gasteiger partial charge >= 0.3 is 12.1 Å². The minimum absolute atomic E-state index is 0.00347. The maximum absolute atomic E-state index is 12.0. The van der Waals surface area contributed by atoms with Gasteiger partial charge in [0.2, 0.25) is 5.91 Å². The molecule has 0 unspecified atom stereocenters. The summed E-state index contributed by atoms with van der Waals surface area (Å²) in [6.45, 7) is 1.62. The van der Waals surface area contributed by atoms with Gasteiger partial charge < -0.3 is 10.0 Å². The number of carbonyl (C=O) groups excluding carboxylic acids is 1. The van der Waals surface area contributed by atoms with Crippen molar-refractivity contribution in [1.82, 2.24) is 9.80 Å². The molecule has 1 aliphatic heterocycles. The molecule has 0 aromatic rings. The lowest BCUT2D eigenvalue weighted by molar-refractivity contribution is -0.162. The lowest BCUT2D eigenvalue weighted by Gasteiger charge is -2.34. The van der Waals surface area contributed by atoms with Crippen LogP contribution in [0.1, 0.15) is 12.8 Å². The number of amides is 1. The molecule has 18 heavy (non-hydrogen) atoms. The minimum atomic E-state index is -4.47. The number of carboxylic acid groups (broad SMARTS) is 1. The smallest absolute Gasteiger partial charge is 0.397 e. The summed E-state index contributed by atoms with van der Waals surface area (Å²) in [4.78, 5) is 24.6. The lowest BCUT2D eigenvalue weighted by atomic mass is 10.2. The SMILES string of the molecule is O=C(O)CCN1CCN(C(=O)CC(F)(F)F)CC1. The quantitative estimate of drug-likeness (QED) is 0.809. The Morgan fingerprint density at radius 1 is 1.11 bits per heavy atom. The van der Waals surface area contributed by atoms with Crippen LogP contribution in [0.5, 0.6) is 0 Å². The predicted molar refractivity (Wildman–Crippen MR) is 55.9 cm³/mol. The molecule has 1 fully saturated rings. The number of carboxylic acids is 1. The Hall–Kier alpha value is -1.31. The van der Waals surface area contributed by atoms with Crippen LogP contribution in [0.15, 0.2) is 0 Å². The van der Waals surface area contributed by atoms with E-state index < -0.39 is 24.5 Å². The highest BCUT2D eigenvalue weighted by Crippen LogP contribution is 2.21. The maximum atomic E-state index is 12.0. The molecule has 1 aliphatic rings. The van der Waals surface area contributed by atoms with Crippen molar-refractivity contribution in [3.8, 4) is 0 Å². The van der Waals surface area contributed by atoms with Crippen molar-refractivity contribution < 1.29 is 27.9 Å². The van der Waals surface area contributed by atoms with Crippen molar-refractivity contribution in [1.29, 1.82) is 0 Å². The number of nitrogens with zero attached hydrogens (tertiary/aromatic N) is 2. The van der Waals surface area contributed by atoms with Gasteiger partial charge in [-0.2, -0.15) is 13.2 Å². The van der Waals surface area contributed by atoms with Crippen molar-refractivity contribution in [2.75, 3.05) is 32.7 Å². The highest BCUT2D eigenvalue weighted by Gasteiger charge is 2.34. The van der Waals surface area contributed by atoms with Crippen molar-refractivity contribution in [2.45, 2.75) is 19.0 Å². The average Bonchev–Trinajstić information content (AvgIpc) is 2.24. The first-order chi connectivity index (χ1) is 8.28. The summed E-state index contributed by atoms with van der Waals surface area (Å²) in [5.41, 5.74) is 0. The third kappa shape index (κ3) is 5.35. The summed E-state index contributed by atoms with van der Waals surface area (Å²) in [5.74, 6) is -1.83. The van der Waals surface area contributed by atoms with Gasteiger partial charge in [-0.1, -0.05) is 0 Å². The van der Waals surface area contributed by atoms with Gasteiger partial charge in [-0.05, 0) is 0 Å². The molecule has 8 heteroatoms. The van der Waals surface area contributed by atoms with Gasteiger partial charge in [0.15, 0.2) is 0 Å². The Morgan fingerprint density at radius 2 is 1.67 bits per heavy atom. The van der Waals surface area contributed by atoms with E-state index in [4.69, 9.17) is 5.11 Å². The zero-order chi connectivity index (χ0) is 13.8. The summed E-state index contributed by atoms with van der Waals surface area (Å²) >= 11 is 0. The molecule has 0 aromatic carbocycles. The first-order valence-electron chi connectivity index (χ1n) is 5.56. The number of rotatable bonds is 4. The van der Waals surface area contributed by atoms with Crippen LogP contribution in [0.4, 0.5) is 13.2 Å². The van der Waals surface area contributed by atoms with E-state index in [2.05, 4.69) is 0 Å². The number of hydrogen-bond acceptors (Lipinski definition) is 3. The van der Waals surface area contributed by atoms with Crippen LogP contribution in [-0.2, 0) is 9.59 Å². The monoisotopic (exact) mass is 268 g/mol. The van der Waals surface area contributed by atoms with Crippen LogP contribution in [-0.4, -0.2) is 65.7 Å². The summed E-state index contributed by atoms with van der Waals surface area (Å²) in [6, 6.07) is 0. The van der Waals surface area contributed by atoms with Gasteiger partial charge in [-0.25, -0.2) is 0 Å². The Morgan fingerprint density at radius 3 is 2.11 bits per heavy atom. The maximum Gasteiger partial charge on any atom is 0.397 e. The Labute approximate surface area is 102 Å². The second-order valence-electron chi connectivity index (χ2n) is 4.16. The van der Waals surface area contributed by atoms with E-state index in [0.717, 1.165) is 0 Å². The third-order valence-corrected chi connectivity index (χ3v) is 2.72. The highest BCUT2D eigenvalue weighted by molar-refractivity contribution is 5.77. The molecule has 1 heterocycles. The molecule has 0 aromatic heterocycles. The number of piperazine rings is 1. The Kier molecular flexibility index (Phi) is 4.94. The fraction of sp³-hybridized carbons (Fsp3) is 0.800. The zero-order valence-electron chi connectivity index (χ0n) is 9.74. The van der Waals surface area contributed by atoms with E-state index in [1.165, 1.54) is 4.90 Å². The van der Waals surface area contributed by atoms with Gasteiger partial charge in [0.25, 0.3) is 0 Å². The van der Waals surface area contributed by atoms with Crippen LogP contribution >= 0.6 is 0 Å². The van der Waals surface area contributed by atoms with E-state index in [9.17, 15) is 22.8 Å². The Bertz CT molecular complexity index is 312. The molecule has 1 N–H and O–H groups in total. The molecule has 104 valence electrons. The number of hydrogen-bond donors (Lipinski definition) is 1. The second-order valence-corrected chi connectivity index (χ2v) is 4.16. The van der Waals surface area contributed by atoms with Gasteiger partial charge in [-0.15, -0.1) is 0 Å². The van der Waals surface area contributed by atoms with Crippen molar-refractivity contribution in [3.63, 3.8) is 0 Å². The summed E-state index contributed by atoms with van der Waals surface area (Å²) in [6.07, 6.45) is -5.91. The minimum Gasteiger partial charge on any atom is -0.481 e. The van der Waals surface area contributed by atoms with E-state index in [1.54, 1.807) is 0 Å². The summed E-state index contributed by atoms with van der Waals surface area (Å²) in [5, 5.41) is 8.50. The summed E-state index contributed by atoms with van der Waals surface area (Å²) in [7, 11) is 0. The molecule has 5 nitrogen and oxygen atoms in total. The molecular weight excluding hydrogens is 253 g/mol. The van der Waals surface area contributed by atoms with E-state index in [1.807, 2.05) is 4.90 Å². The first kappa shape index (κ1) is 14.7. The van der Waals surface area contributed by atoms with Crippen molar-refractivity contribution in [2.24, 2.45) is 0 Å². The van der Waals surface area contributed by atoms with Gasteiger partial charge in [0.1, 0.15) is 6.42 Å². The molecule has 1 saturated heterocycles. The van der Waals surface area contributed by atoms with Crippen LogP contribution in [0.25, 0.3) is 0 Å². The first-order valence-corrected chi connectivity index (χ1v) is 5.56.